The van der Waals surface area contributed by atoms with E-state index in [4.69, 9.17) is 14.6 Å². The van der Waals surface area contributed by atoms with E-state index in [1.54, 1.807) is 6.08 Å². The van der Waals surface area contributed by atoms with Crippen molar-refractivity contribution in [2.24, 2.45) is 0 Å². The molecule has 5 atom stereocenters. The van der Waals surface area contributed by atoms with Gasteiger partial charge in [-0.05, 0) is 5.56 Å². The molecule has 1 aromatic carbocycles. The van der Waals surface area contributed by atoms with Gasteiger partial charge in [-0.25, -0.2) is 0 Å². The molecule has 1 heterocycles. The molecule has 1 aliphatic rings. The lowest BCUT2D eigenvalue weighted by Gasteiger charge is -2.39. The molecule has 1 aliphatic heterocycles. The fourth-order valence-corrected chi connectivity index (χ4v) is 2.10. The third kappa shape index (κ3) is 4.10. The summed E-state index contributed by atoms with van der Waals surface area (Å²) in [7, 11) is 0. The van der Waals surface area contributed by atoms with Crippen LogP contribution in [0.15, 0.2) is 36.4 Å². The van der Waals surface area contributed by atoms with E-state index in [0.29, 0.717) is 0 Å². The second-order valence-electron chi connectivity index (χ2n) is 4.84. The molecule has 1 fully saturated rings. The maximum absolute atomic E-state index is 9.77. The monoisotopic (exact) mass is 296 g/mol. The average Bonchev–Trinajstić information content (AvgIpc) is 2.52. The molecule has 116 valence electrons. The molecule has 0 aromatic heterocycles. The lowest BCUT2D eigenvalue weighted by atomic mass is 9.99. The highest BCUT2D eigenvalue weighted by atomic mass is 16.7. The number of aliphatic hydroxyl groups is 4. The van der Waals surface area contributed by atoms with Gasteiger partial charge in [0.2, 0.25) is 0 Å². The lowest BCUT2D eigenvalue weighted by Crippen LogP contribution is -2.59. The molecule has 1 aromatic rings. The highest BCUT2D eigenvalue weighted by molar-refractivity contribution is 5.48. The summed E-state index contributed by atoms with van der Waals surface area (Å²) < 4.78 is 10.5. The van der Waals surface area contributed by atoms with E-state index in [2.05, 4.69) is 0 Å². The molecule has 0 bridgehead atoms. The Kier molecular flexibility index (Phi) is 5.86. The van der Waals surface area contributed by atoms with Gasteiger partial charge in [0, 0.05) is 0 Å². The van der Waals surface area contributed by atoms with Crippen molar-refractivity contribution in [2.75, 3.05) is 13.2 Å². The molecule has 0 amide bonds. The van der Waals surface area contributed by atoms with Crippen molar-refractivity contribution in [2.45, 2.75) is 30.7 Å². The molecule has 6 nitrogen and oxygen atoms in total. The lowest BCUT2D eigenvalue weighted by molar-refractivity contribution is -0.298. The first kappa shape index (κ1) is 16.1. The fraction of sp³-hybridized carbons (Fsp3) is 0.467. The second-order valence-corrected chi connectivity index (χ2v) is 4.84. The first-order valence-corrected chi connectivity index (χ1v) is 6.77. The van der Waals surface area contributed by atoms with Gasteiger partial charge in [-0.15, -0.1) is 0 Å². The number of ether oxygens (including phenoxy) is 2. The van der Waals surface area contributed by atoms with Crippen LogP contribution in [0.5, 0.6) is 0 Å². The molecule has 1 saturated heterocycles. The Hall–Kier alpha value is -1.28. The van der Waals surface area contributed by atoms with E-state index in [1.165, 1.54) is 0 Å². The Morgan fingerprint density at radius 1 is 1.05 bits per heavy atom. The summed E-state index contributed by atoms with van der Waals surface area (Å²) in [6.45, 7) is -0.303. The molecule has 2 unspecified atom stereocenters. The van der Waals surface area contributed by atoms with Crippen molar-refractivity contribution < 1.29 is 29.9 Å². The maximum atomic E-state index is 9.77. The topological polar surface area (TPSA) is 99.4 Å². The van der Waals surface area contributed by atoms with Crippen LogP contribution in [-0.2, 0) is 9.47 Å². The van der Waals surface area contributed by atoms with E-state index in [9.17, 15) is 15.3 Å². The van der Waals surface area contributed by atoms with E-state index < -0.39 is 37.3 Å². The Morgan fingerprint density at radius 2 is 1.76 bits per heavy atom. The van der Waals surface area contributed by atoms with Gasteiger partial charge < -0.3 is 29.9 Å². The van der Waals surface area contributed by atoms with E-state index >= 15 is 0 Å². The SMILES string of the molecule is OCC1O[C@H](OC/C=C/c2ccccc2)[C@@H](O)C(O)[C@@H]1O. The van der Waals surface area contributed by atoms with Gasteiger partial charge in [0.1, 0.15) is 24.4 Å². The zero-order chi connectivity index (χ0) is 15.2. The summed E-state index contributed by atoms with van der Waals surface area (Å²) in [5.41, 5.74) is 1.01. The Labute approximate surface area is 122 Å². The van der Waals surface area contributed by atoms with E-state index in [-0.39, 0.29) is 6.61 Å². The van der Waals surface area contributed by atoms with Crippen molar-refractivity contribution in [1.29, 1.82) is 0 Å². The maximum Gasteiger partial charge on any atom is 0.187 e. The zero-order valence-corrected chi connectivity index (χ0v) is 11.4. The van der Waals surface area contributed by atoms with Crippen molar-refractivity contribution in [3.63, 3.8) is 0 Å². The molecule has 2 rings (SSSR count). The van der Waals surface area contributed by atoms with Crippen molar-refractivity contribution in [3.05, 3.63) is 42.0 Å². The van der Waals surface area contributed by atoms with Crippen molar-refractivity contribution >= 4 is 6.08 Å². The fourth-order valence-electron chi connectivity index (χ4n) is 2.10. The van der Waals surface area contributed by atoms with Crippen molar-refractivity contribution in [3.8, 4) is 0 Å². The van der Waals surface area contributed by atoms with Gasteiger partial charge >= 0.3 is 0 Å². The van der Waals surface area contributed by atoms with Crippen LogP contribution in [0, 0.1) is 0 Å². The minimum absolute atomic E-state index is 0.164. The smallest absolute Gasteiger partial charge is 0.187 e. The number of benzene rings is 1. The van der Waals surface area contributed by atoms with Crippen LogP contribution in [0.3, 0.4) is 0 Å². The highest BCUT2D eigenvalue weighted by Gasteiger charge is 2.43. The number of rotatable bonds is 5. The van der Waals surface area contributed by atoms with Gasteiger partial charge in [-0.1, -0.05) is 42.5 Å². The molecule has 0 aliphatic carbocycles. The predicted molar refractivity (Wildman–Crippen MR) is 75.2 cm³/mol. The summed E-state index contributed by atoms with van der Waals surface area (Å²) in [6.07, 6.45) is -2.61. The van der Waals surface area contributed by atoms with Crippen LogP contribution >= 0.6 is 0 Å². The van der Waals surface area contributed by atoms with Crippen LogP contribution in [0.4, 0.5) is 0 Å². The van der Waals surface area contributed by atoms with Crippen LogP contribution < -0.4 is 0 Å². The summed E-state index contributed by atoms with van der Waals surface area (Å²) in [5.74, 6) is 0. The van der Waals surface area contributed by atoms with Crippen LogP contribution in [-0.4, -0.2) is 64.3 Å². The van der Waals surface area contributed by atoms with Gasteiger partial charge in [0.05, 0.1) is 13.2 Å². The second kappa shape index (κ2) is 7.65. The van der Waals surface area contributed by atoms with Gasteiger partial charge in [-0.2, -0.15) is 0 Å². The average molecular weight is 296 g/mol. The summed E-state index contributed by atoms with van der Waals surface area (Å²) in [6, 6.07) is 9.62. The minimum atomic E-state index is -1.42. The predicted octanol–water partition coefficient (Wildman–Crippen LogP) is -0.484. The van der Waals surface area contributed by atoms with Gasteiger partial charge in [0.25, 0.3) is 0 Å². The highest BCUT2D eigenvalue weighted by Crippen LogP contribution is 2.21. The minimum Gasteiger partial charge on any atom is -0.394 e. The Morgan fingerprint density at radius 3 is 2.43 bits per heavy atom. The largest absolute Gasteiger partial charge is 0.394 e. The molecule has 21 heavy (non-hydrogen) atoms. The molecule has 4 N–H and O–H groups in total. The Balaban J connectivity index is 1.86. The standard InChI is InChI=1S/C15H20O6/c16-9-11-12(17)13(18)14(19)15(21-11)20-8-4-7-10-5-2-1-3-6-10/h1-7,11-19H,8-9H2/b7-4+/t11?,12-,13?,14+,15+/m1/s1. The number of hydrogen-bond donors (Lipinski definition) is 4. The summed E-state index contributed by atoms with van der Waals surface area (Å²) in [4.78, 5) is 0. The molecule has 0 spiro atoms. The van der Waals surface area contributed by atoms with Crippen molar-refractivity contribution in [1.82, 2.24) is 0 Å². The molecule has 6 heteroatoms. The van der Waals surface area contributed by atoms with Crippen LogP contribution in [0.1, 0.15) is 5.56 Å². The zero-order valence-electron chi connectivity index (χ0n) is 11.4. The normalized spacial score (nSPS) is 33.4. The van der Waals surface area contributed by atoms with Gasteiger partial charge in [-0.3, -0.25) is 0 Å². The number of aliphatic hydroxyl groups excluding tert-OH is 4. The van der Waals surface area contributed by atoms with Crippen LogP contribution in [0.2, 0.25) is 0 Å². The summed E-state index contributed by atoms with van der Waals surface area (Å²) >= 11 is 0. The van der Waals surface area contributed by atoms with E-state index in [1.807, 2.05) is 36.4 Å². The molecular weight excluding hydrogens is 276 g/mol. The molecular formula is C15H20O6. The Bertz CT molecular complexity index is 447. The molecule has 0 radical (unpaired) electrons. The van der Waals surface area contributed by atoms with E-state index in [0.717, 1.165) is 5.56 Å². The third-order valence-corrected chi connectivity index (χ3v) is 3.32. The first-order valence-electron chi connectivity index (χ1n) is 6.77. The first-order chi connectivity index (χ1) is 10.1. The summed E-state index contributed by atoms with van der Waals surface area (Å²) in [5, 5.41) is 38.1. The quantitative estimate of drug-likeness (QED) is 0.585. The number of hydrogen-bond acceptors (Lipinski definition) is 6. The van der Waals surface area contributed by atoms with Crippen LogP contribution in [0.25, 0.3) is 6.08 Å². The molecule has 0 saturated carbocycles. The third-order valence-electron chi connectivity index (χ3n) is 3.32. The van der Waals surface area contributed by atoms with Gasteiger partial charge in [0.15, 0.2) is 6.29 Å².